The first-order chi connectivity index (χ1) is 10.8. The van der Waals surface area contributed by atoms with E-state index in [2.05, 4.69) is 41.4 Å². The summed E-state index contributed by atoms with van der Waals surface area (Å²) in [7, 11) is 1.94. The lowest BCUT2D eigenvalue weighted by molar-refractivity contribution is 0.414. The molecule has 1 atom stereocenters. The van der Waals surface area contributed by atoms with Crippen LogP contribution in [-0.2, 0) is 6.54 Å². The van der Waals surface area contributed by atoms with Crippen molar-refractivity contribution in [1.29, 1.82) is 0 Å². The molecule has 0 spiro atoms. The summed E-state index contributed by atoms with van der Waals surface area (Å²) in [6, 6.07) is 8.19. The molecule has 0 fully saturated rings. The summed E-state index contributed by atoms with van der Waals surface area (Å²) in [5.74, 6) is 1.98. The van der Waals surface area contributed by atoms with E-state index in [0.717, 1.165) is 24.7 Å². The maximum Gasteiger partial charge on any atom is 0.118 e. The zero-order valence-corrected chi connectivity index (χ0v) is 15.2. The molecule has 0 saturated carbocycles. The molecule has 0 amide bonds. The highest BCUT2D eigenvalue weighted by Crippen LogP contribution is 2.13. The predicted octanol–water partition coefficient (Wildman–Crippen LogP) is 4.31. The van der Waals surface area contributed by atoms with Crippen LogP contribution in [0.3, 0.4) is 0 Å². The summed E-state index contributed by atoms with van der Waals surface area (Å²) in [5.41, 5.74) is 1.30. The number of hydrogen-bond acceptors (Lipinski definition) is 3. The van der Waals surface area contributed by atoms with Gasteiger partial charge in [0.25, 0.3) is 0 Å². The van der Waals surface area contributed by atoms with E-state index < -0.39 is 0 Å². The van der Waals surface area contributed by atoms with Crippen molar-refractivity contribution in [1.82, 2.24) is 10.0 Å². The lowest BCUT2D eigenvalue weighted by Gasteiger charge is -2.07. The molecule has 1 aliphatic rings. The molecule has 0 saturated heterocycles. The third-order valence-corrected chi connectivity index (χ3v) is 5.11. The van der Waals surface area contributed by atoms with Crippen molar-refractivity contribution in [3.05, 3.63) is 29.8 Å². The van der Waals surface area contributed by atoms with Crippen molar-refractivity contribution in [3.63, 3.8) is 0 Å². The summed E-state index contributed by atoms with van der Waals surface area (Å²) in [4.78, 5) is 0. The Morgan fingerprint density at radius 2 is 1.77 bits per heavy atom. The molecule has 2 N–H and O–H groups in total. The molecular formula is C18H32N2OS. The summed E-state index contributed by atoms with van der Waals surface area (Å²) in [6.45, 7) is 6.44. The van der Waals surface area contributed by atoms with Gasteiger partial charge in [0.2, 0.25) is 0 Å². The number of unbranched alkanes of at least 4 members (excludes halogenated alkanes) is 4. The molecule has 1 unspecified atom stereocenters. The lowest BCUT2D eigenvalue weighted by atomic mass is 10.2. The van der Waals surface area contributed by atoms with Gasteiger partial charge in [0, 0.05) is 13.1 Å². The fraction of sp³-hybridized carbons (Fsp3) is 0.611. The van der Waals surface area contributed by atoms with Crippen LogP contribution in [0, 0.1) is 0 Å². The van der Waals surface area contributed by atoms with Gasteiger partial charge in [-0.3, -0.25) is 4.72 Å². The van der Waals surface area contributed by atoms with E-state index in [9.17, 15) is 0 Å². The van der Waals surface area contributed by atoms with E-state index in [-0.39, 0.29) is 10.7 Å². The first kappa shape index (κ1) is 19.2. The number of methoxy groups -OCH3 is 1. The van der Waals surface area contributed by atoms with Crippen LogP contribution in [0.15, 0.2) is 24.3 Å². The number of ether oxygens (including phenoxy) is 1. The number of nitrogens with one attached hydrogen (secondary N) is 2. The van der Waals surface area contributed by atoms with Gasteiger partial charge in [0.05, 0.1) is 13.0 Å². The average molecular weight is 325 g/mol. The fourth-order valence-corrected chi connectivity index (χ4v) is 3.44. The molecule has 1 aromatic carbocycles. The van der Waals surface area contributed by atoms with Gasteiger partial charge in [-0.1, -0.05) is 58.1 Å². The predicted molar refractivity (Wildman–Crippen MR) is 101 cm³/mol. The highest BCUT2D eigenvalue weighted by Gasteiger charge is 2.01. The van der Waals surface area contributed by atoms with Gasteiger partial charge in [0.15, 0.2) is 0 Å². The Balaban J connectivity index is 0.000000295. The summed E-state index contributed by atoms with van der Waals surface area (Å²) in [6.07, 6.45) is 7.01. The highest BCUT2D eigenvalue weighted by atomic mass is 32.2. The molecule has 1 heterocycles. The lowest BCUT2D eigenvalue weighted by Crippen LogP contribution is -2.11. The Bertz CT molecular complexity index is 414. The first-order valence-corrected chi connectivity index (χ1v) is 9.86. The van der Waals surface area contributed by atoms with Crippen LogP contribution in [0.1, 0.15) is 51.5 Å². The zero-order valence-electron chi connectivity index (χ0n) is 14.4. The number of benzene rings is 1. The molecule has 1 aromatic rings. The monoisotopic (exact) mass is 324 g/mol. The van der Waals surface area contributed by atoms with Crippen molar-refractivity contribution < 1.29 is 4.74 Å². The molecule has 0 aliphatic carbocycles. The van der Waals surface area contributed by atoms with Crippen molar-refractivity contribution >= 4 is 16.0 Å². The normalized spacial score (nSPS) is 16.6. The van der Waals surface area contributed by atoms with Gasteiger partial charge < -0.3 is 10.1 Å². The van der Waals surface area contributed by atoms with E-state index in [1.165, 1.54) is 37.7 Å². The van der Waals surface area contributed by atoms with Crippen LogP contribution in [0.25, 0.3) is 0 Å². The second-order valence-corrected chi connectivity index (χ2v) is 7.19. The second-order valence-electron chi connectivity index (χ2n) is 5.42. The van der Waals surface area contributed by atoms with Crippen molar-refractivity contribution in [3.8, 4) is 5.75 Å². The summed E-state index contributed by atoms with van der Waals surface area (Å²) < 4.78 is 8.62. The smallest absolute Gasteiger partial charge is 0.118 e. The van der Waals surface area contributed by atoms with E-state index in [4.69, 9.17) is 4.74 Å². The van der Waals surface area contributed by atoms with Crippen molar-refractivity contribution in [2.75, 3.05) is 19.5 Å². The maximum atomic E-state index is 5.11. The Labute approximate surface area is 138 Å². The van der Waals surface area contributed by atoms with Crippen LogP contribution >= 0.6 is 10.7 Å². The van der Waals surface area contributed by atoms with Crippen molar-refractivity contribution in [2.24, 2.45) is 0 Å². The van der Waals surface area contributed by atoms with Crippen LogP contribution in [0.4, 0.5) is 0 Å². The van der Waals surface area contributed by atoms with Gasteiger partial charge in [-0.05, 0) is 23.1 Å². The minimum atomic E-state index is 0.248. The van der Waals surface area contributed by atoms with Gasteiger partial charge in [-0.15, -0.1) is 10.7 Å². The molecular weight excluding hydrogens is 292 g/mol. The molecule has 0 radical (unpaired) electrons. The van der Waals surface area contributed by atoms with E-state index in [1.807, 2.05) is 12.1 Å². The molecule has 0 bridgehead atoms. The molecule has 3 nitrogen and oxygen atoms in total. The van der Waals surface area contributed by atoms with Gasteiger partial charge in [0.1, 0.15) is 5.75 Å². The summed E-state index contributed by atoms with van der Waals surface area (Å²) >= 11 is 0. The maximum absolute atomic E-state index is 5.11. The fourth-order valence-electron chi connectivity index (χ4n) is 2.09. The molecule has 2 rings (SSSR count). The minimum Gasteiger partial charge on any atom is -0.497 e. The Hall–Kier alpha value is -0.840. The van der Waals surface area contributed by atoms with Crippen molar-refractivity contribution in [2.45, 2.75) is 52.5 Å². The van der Waals surface area contributed by atoms with Crippen LogP contribution in [-0.4, -0.2) is 24.9 Å². The van der Waals surface area contributed by atoms with Crippen LogP contribution in [0.5, 0.6) is 5.75 Å². The Kier molecular flexibility index (Phi) is 11.1. The van der Waals surface area contributed by atoms with Gasteiger partial charge in [-0.25, -0.2) is 0 Å². The summed E-state index contributed by atoms with van der Waals surface area (Å²) in [5, 5.41) is 5.60. The number of rotatable bonds is 8. The van der Waals surface area contributed by atoms with Crippen LogP contribution < -0.4 is 14.8 Å². The second kappa shape index (κ2) is 12.7. The third kappa shape index (κ3) is 8.57. The Morgan fingerprint density at radius 3 is 2.27 bits per heavy atom. The first-order valence-electron chi connectivity index (χ1n) is 8.40. The highest BCUT2D eigenvalue weighted by molar-refractivity contribution is 8.13. The molecule has 126 valence electrons. The third-order valence-electron chi connectivity index (χ3n) is 3.51. The minimum absolute atomic E-state index is 0.248. The zero-order chi connectivity index (χ0) is 16.0. The number of hydrogen-bond donors (Lipinski definition) is 2. The standard InChI is InChI=1S/C11H16N2OS.C7H16/c1-14-11-4-2-10(3-5-11)8-13-15-7-6-12-9-15;1-3-5-7-6-4-2/h2-5,7,12-13H,6,8-9H2,1H3;3-7H2,1-2H3. The topological polar surface area (TPSA) is 33.3 Å². The van der Waals surface area contributed by atoms with E-state index in [1.54, 1.807) is 7.11 Å². The van der Waals surface area contributed by atoms with Crippen LogP contribution in [0.2, 0.25) is 0 Å². The molecule has 22 heavy (non-hydrogen) atoms. The molecule has 1 aliphatic heterocycles. The average Bonchev–Trinajstić information content (AvgIpc) is 3.08. The SMILES string of the molecule is CCCCCCC.COc1ccc(CNS2=CCNC2)cc1. The molecule has 0 aromatic heterocycles. The van der Waals surface area contributed by atoms with E-state index in [0.29, 0.717) is 0 Å². The van der Waals surface area contributed by atoms with Gasteiger partial charge >= 0.3 is 0 Å². The van der Waals surface area contributed by atoms with E-state index >= 15 is 0 Å². The largest absolute Gasteiger partial charge is 0.497 e. The molecule has 4 heteroatoms. The van der Waals surface area contributed by atoms with Gasteiger partial charge in [-0.2, -0.15) is 0 Å². The Morgan fingerprint density at radius 1 is 1.09 bits per heavy atom. The quantitative estimate of drug-likeness (QED) is 0.552.